The zero-order valence-corrected chi connectivity index (χ0v) is 12.4. The highest BCUT2D eigenvalue weighted by molar-refractivity contribution is 4.86. The van der Waals surface area contributed by atoms with Gasteiger partial charge in [0.1, 0.15) is 0 Å². The second-order valence-electron chi connectivity index (χ2n) is 4.93. The van der Waals surface area contributed by atoms with Crippen LogP contribution in [0, 0.1) is 5.92 Å². The van der Waals surface area contributed by atoms with Crippen LogP contribution in [-0.2, 0) is 0 Å². The van der Waals surface area contributed by atoms with Crippen molar-refractivity contribution in [3.05, 3.63) is 24.4 Å². The van der Waals surface area contributed by atoms with Crippen molar-refractivity contribution in [2.24, 2.45) is 5.92 Å². The normalized spacial score (nSPS) is 15.6. The lowest BCUT2D eigenvalue weighted by Gasteiger charge is -2.23. The van der Waals surface area contributed by atoms with Crippen LogP contribution in [0.2, 0.25) is 0 Å². The van der Waals surface area contributed by atoms with Crippen LogP contribution in [0.4, 0.5) is 0 Å². The highest BCUT2D eigenvalue weighted by atomic mass is 15.1. The molecule has 0 fully saturated rings. The Labute approximate surface area is 109 Å². The standard InChI is InChI=1S/C16H31N/c1-6-9-14-17(5)15(4)12-10-13-16(8-3)11-7-2/h7,9,11,14-16H,6,8,10,12-13H2,1-5H3/b11-7-,14-9-. The van der Waals surface area contributed by atoms with Crippen LogP contribution < -0.4 is 0 Å². The fraction of sp³-hybridized carbons (Fsp3) is 0.750. The van der Waals surface area contributed by atoms with Gasteiger partial charge in [0.25, 0.3) is 0 Å². The van der Waals surface area contributed by atoms with E-state index in [1.165, 1.54) is 25.7 Å². The van der Waals surface area contributed by atoms with Crippen LogP contribution in [0.5, 0.6) is 0 Å². The van der Waals surface area contributed by atoms with Gasteiger partial charge >= 0.3 is 0 Å². The van der Waals surface area contributed by atoms with Crippen molar-refractivity contribution in [1.82, 2.24) is 4.90 Å². The molecule has 0 spiro atoms. The molecule has 0 saturated carbocycles. The molecule has 0 aromatic rings. The average molecular weight is 237 g/mol. The van der Waals surface area contributed by atoms with E-state index in [-0.39, 0.29) is 0 Å². The van der Waals surface area contributed by atoms with Gasteiger partial charge in [-0.1, -0.05) is 38.5 Å². The molecule has 17 heavy (non-hydrogen) atoms. The molecule has 2 unspecified atom stereocenters. The van der Waals surface area contributed by atoms with Crippen molar-refractivity contribution < 1.29 is 0 Å². The third kappa shape index (κ3) is 8.06. The lowest BCUT2D eigenvalue weighted by atomic mass is 9.97. The second kappa shape index (κ2) is 10.4. The maximum atomic E-state index is 2.35. The van der Waals surface area contributed by atoms with Crippen molar-refractivity contribution in [1.29, 1.82) is 0 Å². The molecular weight excluding hydrogens is 206 g/mol. The van der Waals surface area contributed by atoms with Crippen molar-refractivity contribution >= 4 is 0 Å². The van der Waals surface area contributed by atoms with E-state index in [1.807, 2.05) is 0 Å². The summed E-state index contributed by atoms with van der Waals surface area (Å²) in [5, 5.41) is 0. The Kier molecular flexibility index (Phi) is 9.99. The number of nitrogens with zero attached hydrogens (tertiary/aromatic N) is 1. The molecule has 0 aromatic heterocycles. The third-order valence-electron chi connectivity index (χ3n) is 3.46. The van der Waals surface area contributed by atoms with Gasteiger partial charge in [0, 0.05) is 13.1 Å². The average Bonchev–Trinajstić information content (AvgIpc) is 2.34. The minimum atomic E-state index is 0.654. The smallest absolute Gasteiger partial charge is 0.0252 e. The van der Waals surface area contributed by atoms with Crippen LogP contribution in [0.25, 0.3) is 0 Å². The first-order chi connectivity index (χ1) is 8.15. The van der Waals surface area contributed by atoms with Gasteiger partial charge in [-0.15, -0.1) is 0 Å². The minimum Gasteiger partial charge on any atom is -0.378 e. The monoisotopic (exact) mass is 237 g/mol. The fourth-order valence-electron chi connectivity index (χ4n) is 2.01. The molecule has 0 radical (unpaired) electrons. The molecule has 1 nitrogen and oxygen atoms in total. The topological polar surface area (TPSA) is 3.24 Å². The SMILES string of the molecule is C/C=C\C(CC)CCCC(C)N(C)/C=C\CC. The lowest BCUT2D eigenvalue weighted by Crippen LogP contribution is -2.23. The number of allylic oxidation sites excluding steroid dienone is 3. The lowest BCUT2D eigenvalue weighted by molar-refractivity contribution is 0.319. The Balaban J connectivity index is 3.83. The predicted octanol–water partition coefficient (Wildman–Crippen LogP) is 5.00. The van der Waals surface area contributed by atoms with Crippen LogP contribution in [0.3, 0.4) is 0 Å². The van der Waals surface area contributed by atoms with Gasteiger partial charge < -0.3 is 4.90 Å². The summed E-state index contributed by atoms with van der Waals surface area (Å²) in [5.74, 6) is 0.781. The molecule has 0 bridgehead atoms. The van der Waals surface area contributed by atoms with Crippen LogP contribution >= 0.6 is 0 Å². The van der Waals surface area contributed by atoms with Crippen molar-refractivity contribution in [2.75, 3.05) is 7.05 Å². The van der Waals surface area contributed by atoms with Gasteiger partial charge in [0.15, 0.2) is 0 Å². The Morgan fingerprint density at radius 2 is 1.88 bits per heavy atom. The number of hydrogen-bond donors (Lipinski definition) is 0. The summed E-state index contributed by atoms with van der Waals surface area (Å²) in [6.07, 6.45) is 15.3. The Hall–Kier alpha value is -0.720. The maximum absolute atomic E-state index is 2.35. The van der Waals surface area contributed by atoms with Gasteiger partial charge in [-0.2, -0.15) is 0 Å². The van der Waals surface area contributed by atoms with E-state index in [4.69, 9.17) is 0 Å². The maximum Gasteiger partial charge on any atom is 0.0252 e. The first-order valence-corrected chi connectivity index (χ1v) is 7.17. The van der Waals surface area contributed by atoms with E-state index in [9.17, 15) is 0 Å². The number of rotatable bonds is 9. The summed E-state index contributed by atoms with van der Waals surface area (Å²) < 4.78 is 0. The van der Waals surface area contributed by atoms with E-state index < -0.39 is 0 Å². The summed E-state index contributed by atoms with van der Waals surface area (Å²) in [4.78, 5) is 2.33. The van der Waals surface area contributed by atoms with Crippen LogP contribution in [0.15, 0.2) is 24.4 Å². The molecule has 0 rings (SSSR count). The molecule has 0 N–H and O–H groups in total. The second-order valence-corrected chi connectivity index (χ2v) is 4.93. The Morgan fingerprint density at radius 3 is 2.41 bits per heavy atom. The third-order valence-corrected chi connectivity index (χ3v) is 3.46. The molecular formula is C16H31N. The Morgan fingerprint density at radius 1 is 1.18 bits per heavy atom. The molecule has 0 aliphatic heterocycles. The predicted molar refractivity (Wildman–Crippen MR) is 79.1 cm³/mol. The fourth-order valence-corrected chi connectivity index (χ4v) is 2.01. The highest BCUT2D eigenvalue weighted by Gasteiger charge is 2.07. The van der Waals surface area contributed by atoms with Crippen LogP contribution in [0.1, 0.15) is 59.8 Å². The molecule has 0 heterocycles. The van der Waals surface area contributed by atoms with E-state index in [1.54, 1.807) is 0 Å². The molecule has 0 aliphatic rings. The molecule has 2 atom stereocenters. The van der Waals surface area contributed by atoms with Crippen molar-refractivity contribution in [3.8, 4) is 0 Å². The summed E-state index contributed by atoms with van der Waals surface area (Å²) >= 11 is 0. The van der Waals surface area contributed by atoms with E-state index in [0.29, 0.717) is 6.04 Å². The van der Waals surface area contributed by atoms with Gasteiger partial charge in [0.2, 0.25) is 0 Å². The first kappa shape index (κ1) is 16.3. The number of hydrogen-bond acceptors (Lipinski definition) is 1. The van der Waals surface area contributed by atoms with Gasteiger partial charge in [-0.05, 0) is 51.6 Å². The van der Waals surface area contributed by atoms with Gasteiger partial charge in [-0.25, -0.2) is 0 Å². The molecule has 1 heteroatoms. The largest absolute Gasteiger partial charge is 0.378 e. The summed E-state index contributed by atoms with van der Waals surface area (Å²) in [6, 6.07) is 0.654. The highest BCUT2D eigenvalue weighted by Crippen LogP contribution is 2.16. The van der Waals surface area contributed by atoms with E-state index in [0.717, 1.165) is 12.3 Å². The van der Waals surface area contributed by atoms with E-state index >= 15 is 0 Å². The zero-order chi connectivity index (χ0) is 13.1. The van der Waals surface area contributed by atoms with Gasteiger partial charge in [0.05, 0.1) is 0 Å². The summed E-state index contributed by atoms with van der Waals surface area (Å²) in [5.41, 5.74) is 0. The Bertz CT molecular complexity index is 218. The first-order valence-electron chi connectivity index (χ1n) is 7.17. The minimum absolute atomic E-state index is 0.654. The van der Waals surface area contributed by atoms with Crippen LogP contribution in [-0.4, -0.2) is 18.0 Å². The van der Waals surface area contributed by atoms with E-state index in [2.05, 4.69) is 64.1 Å². The zero-order valence-electron chi connectivity index (χ0n) is 12.4. The van der Waals surface area contributed by atoms with Crippen molar-refractivity contribution in [2.45, 2.75) is 65.8 Å². The molecule has 0 amide bonds. The molecule has 0 saturated heterocycles. The quantitative estimate of drug-likeness (QED) is 0.510. The molecule has 0 aliphatic carbocycles. The summed E-state index contributed by atoms with van der Waals surface area (Å²) in [7, 11) is 2.18. The molecule has 0 aromatic carbocycles. The summed E-state index contributed by atoms with van der Waals surface area (Å²) in [6.45, 7) is 8.90. The van der Waals surface area contributed by atoms with Crippen molar-refractivity contribution in [3.63, 3.8) is 0 Å². The molecule has 100 valence electrons. The van der Waals surface area contributed by atoms with Gasteiger partial charge in [-0.3, -0.25) is 0 Å².